The maximum Gasteiger partial charge on any atom is 0.472 e. The Balaban J connectivity index is 5.23. The molecule has 0 amide bonds. The normalized spacial score (nSPS) is 14.6. The molecule has 19 heteroatoms. The second-order valence-electron chi connectivity index (χ2n) is 23.9. The lowest BCUT2D eigenvalue weighted by Crippen LogP contribution is -2.30. The number of rotatable bonds is 63. The molecular formula is C64H124O17P2. The molecule has 83 heavy (non-hydrogen) atoms. The molecule has 0 saturated carbocycles. The van der Waals surface area contributed by atoms with Crippen LogP contribution in [0.25, 0.3) is 0 Å². The van der Waals surface area contributed by atoms with Gasteiger partial charge in [0.2, 0.25) is 0 Å². The van der Waals surface area contributed by atoms with E-state index in [0.717, 1.165) is 102 Å². The Morgan fingerprint density at radius 1 is 0.349 bits per heavy atom. The van der Waals surface area contributed by atoms with Crippen molar-refractivity contribution in [3.05, 3.63) is 0 Å². The van der Waals surface area contributed by atoms with E-state index in [4.69, 9.17) is 37.0 Å². The number of phosphoric ester groups is 2. The minimum atomic E-state index is -4.94. The summed E-state index contributed by atoms with van der Waals surface area (Å²) in [5, 5.41) is 10.5. The van der Waals surface area contributed by atoms with Gasteiger partial charge in [0.1, 0.15) is 19.3 Å². The predicted octanol–water partition coefficient (Wildman–Crippen LogP) is 17.7. The molecule has 17 nitrogen and oxygen atoms in total. The Labute approximate surface area is 505 Å². The van der Waals surface area contributed by atoms with Gasteiger partial charge in [0.25, 0.3) is 0 Å². The van der Waals surface area contributed by atoms with Crippen molar-refractivity contribution in [2.75, 3.05) is 39.6 Å². The summed E-state index contributed by atoms with van der Waals surface area (Å²) in [6.45, 7) is 9.45. The summed E-state index contributed by atoms with van der Waals surface area (Å²) < 4.78 is 67.9. The second kappa shape index (κ2) is 56.6. The molecule has 0 aromatic heterocycles. The van der Waals surface area contributed by atoms with Crippen molar-refractivity contribution >= 4 is 39.5 Å². The minimum Gasteiger partial charge on any atom is -0.462 e. The smallest absolute Gasteiger partial charge is 0.462 e. The number of phosphoric acid groups is 2. The third-order valence-electron chi connectivity index (χ3n) is 15.1. The van der Waals surface area contributed by atoms with Gasteiger partial charge in [0.15, 0.2) is 12.2 Å². The SMILES string of the molecule is CCCCCCCCCCCC(=O)OC[C@H](COP(=O)(O)OC[C@H](O)COP(=O)(O)OC[C@@H](COC(=O)CCCCCCCCCCC(C)C)OC(=O)CCCCCCCCCCCCC(C)CC)OC(=O)CCCCCCCCCCC. The molecule has 0 aliphatic heterocycles. The molecule has 0 rings (SSSR count). The highest BCUT2D eigenvalue weighted by molar-refractivity contribution is 7.47. The Bertz CT molecular complexity index is 1630. The molecule has 3 N–H and O–H groups in total. The fraction of sp³-hybridized carbons (Fsp3) is 0.938. The zero-order valence-corrected chi connectivity index (χ0v) is 55.3. The lowest BCUT2D eigenvalue weighted by molar-refractivity contribution is -0.161. The van der Waals surface area contributed by atoms with Crippen LogP contribution in [0, 0.1) is 11.8 Å². The van der Waals surface area contributed by atoms with E-state index in [1.54, 1.807) is 0 Å². The maximum atomic E-state index is 13.0. The molecule has 0 radical (unpaired) electrons. The second-order valence-corrected chi connectivity index (χ2v) is 26.8. The molecular weight excluding hydrogens is 1100 g/mol. The molecule has 0 bridgehead atoms. The monoisotopic (exact) mass is 1230 g/mol. The molecule has 3 unspecified atom stereocenters. The molecule has 0 aromatic rings. The summed E-state index contributed by atoms with van der Waals surface area (Å²) in [6.07, 6.45) is 38.9. The molecule has 0 spiro atoms. The molecule has 0 aliphatic rings. The van der Waals surface area contributed by atoms with E-state index in [9.17, 15) is 43.2 Å². The van der Waals surface area contributed by atoms with Crippen LogP contribution in [0.1, 0.15) is 318 Å². The third-order valence-corrected chi connectivity index (χ3v) is 17.0. The quantitative estimate of drug-likeness (QED) is 0.0222. The highest BCUT2D eigenvalue weighted by Gasteiger charge is 2.30. The maximum absolute atomic E-state index is 13.0. The van der Waals surface area contributed by atoms with Crippen LogP contribution in [-0.2, 0) is 65.4 Å². The van der Waals surface area contributed by atoms with E-state index in [-0.39, 0.29) is 25.7 Å². The number of carbonyl (C=O) groups is 4. The van der Waals surface area contributed by atoms with Crippen molar-refractivity contribution in [2.24, 2.45) is 11.8 Å². The van der Waals surface area contributed by atoms with Crippen LogP contribution in [0.15, 0.2) is 0 Å². The van der Waals surface area contributed by atoms with Crippen molar-refractivity contribution < 1.29 is 80.2 Å². The molecule has 0 aliphatic carbocycles. The molecule has 0 heterocycles. The van der Waals surface area contributed by atoms with Gasteiger partial charge in [-0.05, 0) is 37.5 Å². The first-order valence-electron chi connectivity index (χ1n) is 33.5. The Morgan fingerprint density at radius 3 is 0.916 bits per heavy atom. The van der Waals surface area contributed by atoms with E-state index in [1.807, 2.05) is 0 Å². The van der Waals surface area contributed by atoms with Crippen LogP contribution in [0.2, 0.25) is 0 Å². The van der Waals surface area contributed by atoms with Crippen LogP contribution in [-0.4, -0.2) is 96.7 Å². The van der Waals surface area contributed by atoms with E-state index < -0.39 is 97.5 Å². The number of aliphatic hydroxyl groups is 1. The standard InChI is InChI=1S/C64H124O17P2/c1-7-10-12-14-16-20-28-34-40-46-61(66)74-52-59(80-63(68)48-42-36-30-21-17-15-13-11-8-2)54-78-82(70,71)76-50-58(65)51-77-83(72,73)79-55-60(53-75-62(67)47-41-35-29-25-24-26-32-38-44-56(4)5)81-64(69)49-43-37-31-23-19-18-22-27-33-39-45-57(6)9-3/h56-60,65H,7-55H2,1-6H3,(H,70,71)(H,72,73)/t57?,58-,59+,60+/m0/s1. The van der Waals surface area contributed by atoms with Crippen LogP contribution >= 0.6 is 15.6 Å². The van der Waals surface area contributed by atoms with Gasteiger partial charge in [0, 0.05) is 25.7 Å². The Kier molecular flexibility index (Phi) is 55.2. The van der Waals surface area contributed by atoms with Crippen molar-refractivity contribution in [3.63, 3.8) is 0 Å². The van der Waals surface area contributed by atoms with Crippen LogP contribution in [0.3, 0.4) is 0 Å². The van der Waals surface area contributed by atoms with Crippen LogP contribution in [0.4, 0.5) is 0 Å². The molecule has 492 valence electrons. The van der Waals surface area contributed by atoms with Gasteiger partial charge >= 0.3 is 39.5 Å². The summed E-state index contributed by atoms with van der Waals surface area (Å²) in [5.74, 6) is -0.606. The predicted molar refractivity (Wildman–Crippen MR) is 331 cm³/mol. The van der Waals surface area contributed by atoms with Gasteiger partial charge in [-0.3, -0.25) is 37.3 Å². The summed E-state index contributed by atoms with van der Waals surface area (Å²) in [5.41, 5.74) is 0. The van der Waals surface area contributed by atoms with Crippen LogP contribution < -0.4 is 0 Å². The number of esters is 4. The van der Waals surface area contributed by atoms with Gasteiger partial charge in [-0.25, -0.2) is 9.13 Å². The number of carbonyl (C=O) groups excluding carboxylic acids is 4. The number of hydrogen-bond acceptors (Lipinski definition) is 15. The fourth-order valence-electron chi connectivity index (χ4n) is 9.50. The molecule has 0 aromatic carbocycles. The Hall–Kier alpha value is -1.94. The molecule has 0 saturated heterocycles. The van der Waals surface area contributed by atoms with Crippen LogP contribution in [0.5, 0.6) is 0 Å². The highest BCUT2D eigenvalue weighted by Crippen LogP contribution is 2.45. The lowest BCUT2D eigenvalue weighted by atomic mass is 9.99. The third kappa shape index (κ3) is 57.6. The highest BCUT2D eigenvalue weighted by atomic mass is 31.2. The molecule has 6 atom stereocenters. The van der Waals surface area contributed by atoms with Gasteiger partial charge in [-0.15, -0.1) is 0 Å². The summed E-state index contributed by atoms with van der Waals surface area (Å²) in [7, 11) is -9.88. The topological polar surface area (TPSA) is 237 Å². The number of aliphatic hydroxyl groups excluding tert-OH is 1. The molecule has 0 fully saturated rings. The van der Waals surface area contributed by atoms with E-state index in [0.29, 0.717) is 25.7 Å². The summed E-state index contributed by atoms with van der Waals surface area (Å²) >= 11 is 0. The number of hydrogen-bond donors (Lipinski definition) is 3. The number of unbranched alkanes of at least 4 members (excludes halogenated alkanes) is 32. The lowest BCUT2D eigenvalue weighted by Gasteiger charge is -2.21. The van der Waals surface area contributed by atoms with Crippen molar-refractivity contribution in [3.8, 4) is 0 Å². The first-order chi connectivity index (χ1) is 39.9. The van der Waals surface area contributed by atoms with Crippen molar-refractivity contribution in [2.45, 2.75) is 336 Å². The minimum absolute atomic E-state index is 0.105. The average molecular weight is 1230 g/mol. The van der Waals surface area contributed by atoms with Gasteiger partial charge in [0.05, 0.1) is 26.4 Å². The zero-order chi connectivity index (χ0) is 61.5. The fourth-order valence-corrected chi connectivity index (χ4v) is 11.1. The van der Waals surface area contributed by atoms with E-state index >= 15 is 0 Å². The van der Waals surface area contributed by atoms with Gasteiger partial charge < -0.3 is 33.8 Å². The Morgan fingerprint density at radius 2 is 0.614 bits per heavy atom. The first kappa shape index (κ1) is 81.1. The summed E-state index contributed by atoms with van der Waals surface area (Å²) in [4.78, 5) is 72.1. The zero-order valence-electron chi connectivity index (χ0n) is 53.5. The van der Waals surface area contributed by atoms with E-state index in [1.165, 1.54) is 135 Å². The average Bonchev–Trinajstić information content (AvgIpc) is 3.47. The largest absolute Gasteiger partial charge is 0.472 e. The van der Waals surface area contributed by atoms with E-state index in [2.05, 4.69) is 41.5 Å². The van der Waals surface area contributed by atoms with Gasteiger partial charge in [-0.1, -0.05) is 266 Å². The van der Waals surface area contributed by atoms with Gasteiger partial charge in [-0.2, -0.15) is 0 Å². The first-order valence-corrected chi connectivity index (χ1v) is 36.5. The van der Waals surface area contributed by atoms with Crippen molar-refractivity contribution in [1.82, 2.24) is 0 Å². The summed E-state index contributed by atoms with van der Waals surface area (Å²) in [6, 6.07) is 0. The number of ether oxygens (including phenoxy) is 4. The van der Waals surface area contributed by atoms with Crippen molar-refractivity contribution in [1.29, 1.82) is 0 Å².